The molecule has 0 saturated carbocycles. The predicted octanol–water partition coefficient (Wildman–Crippen LogP) is 0.520. The van der Waals surface area contributed by atoms with Gasteiger partial charge in [0.15, 0.2) is 18.1 Å². The number of nitrogens with zero attached hydrogens (tertiary/aromatic N) is 2. The van der Waals surface area contributed by atoms with Crippen LogP contribution in [0.15, 0.2) is 47.6 Å². The molecule has 148 valence electrons. The van der Waals surface area contributed by atoms with E-state index in [-0.39, 0.29) is 6.61 Å². The number of carbonyl (C=O) groups excluding carboxylic acids is 3. The Hall–Kier alpha value is -4.39. The molecule has 0 aliphatic carbocycles. The summed E-state index contributed by atoms with van der Waals surface area (Å²) < 4.78 is 10.4. The van der Waals surface area contributed by atoms with Gasteiger partial charge in [-0.25, -0.2) is 5.43 Å². The maximum absolute atomic E-state index is 11.8. The number of primary amides is 1. The molecule has 29 heavy (non-hydrogen) atoms. The van der Waals surface area contributed by atoms with E-state index in [1.54, 1.807) is 18.2 Å². The van der Waals surface area contributed by atoms with E-state index in [0.717, 1.165) is 0 Å². The van der Waals surface area contributed by atoms with Crippen molar-refractivity contribution in [2.75, 3.05) is 19.0 Å². The summed E-state index contributed by atoms with van der Waals surface area (Å²) in [5, 5.41) is 14.8. The maximum Gasteiger partial charge on any atom is 0.329 e. The minimum Gasteiger partial charge on any atom is -0.493 e. The summed E-state index contributed by atoms with van der Waals surface area (Å²) in [7, 11) is 1.42. The molecular weight excluding hydrogens is 378 g/mol. The zero-order valence-corrected chi connectivity index (χ0v) is 15.3. The fourth-order valence-corrected chi connectivity index (χ4v) is 2.06. The molecule has 0 aliphatic heterocycles. The third kappa shape index (κ3) is 6.37. The molecule has 2 aromatic carbocycles. The van der Waals surface area contributed by atoms with Gasteiger partial charge in [0.25, 0.3) is 5.91 Å². The summed E-state index contributed by atoms with van der Waals surface area (Å²) in [6.07, 6.45) is 1.30. The average molecular weight is 395 g/mol. The molecule has 0 atom stereocenters. The van der Waals surface area contributed by atoms with Crippen molar-refractivity contribution in [1.29, 1.82) is 5.26 Å². The van der Waals surface area contributed by atoms with Crippen LogP contribution in [0.5, 0.6) is 11.5 Å². The molecule has 0 bridgehead atoms. The number of amides is 3. The van der Waals surface area contributed by atoms with E-state index in [1.807, 2.05) is 6.07 Å². The highest BCUT2D eigenvalue weighted by Gasteiger charge is 2.13. The van der Waals surface area contributed by atoms with Crippen LogP contribution in [0.1, 0.15) is 11.1 Å². The van der Waals surface area contributed by atoms with Crippen LogP contribution in [-0.4, -0.2) is 37.7 Å². The molecule has 2 rings (SSSR count). The van der Waals surface area contributed by atoms with Gasteiger partial charge in [-0.3, -0.25) is 14.4 Å². The number of hydrogen-bond acceptors (Lipinski definition) is 7. The van der Waals surface area contributed by atoms with Crippen LogP contribution in [0.4, 0.5) is 5.69 Å². The number of ether oxygens (including phenoxy) is 2. The Morgan fingerprint density at radius 1 is 1.14 bits per heavy atom. The number of benzene rings is 2. The summed E-state index contributed by atoms with van der Waals surface area (Å²) >= 11 is 0. The van der Waals surface area contributed by atoms with Gasteiger partial charge in [0, 0.05) is 5.69 Å². The van der Waals surface area contributed by atoms with E-state index in [0.29, 0.717) is 28.3 Å². The van der Waals surface area contributed by atoms with Gasteiger partial charge in [-0.05, 0) is 48.0 Å². The lowest BCUT2D eigenvalue weighted by atomic mass is 10.2. The van der Waals surface area contributed by atoms with Gasteiger partial charge in [0.1, 0.15) is 0 Å². The molecule has 10 nitrogen and oxygen atoms in total. The third-order valence-corrected chi connectivity index (χ3v) is 3.42. The lowest BCUT2D eigenvalue weighted by Gasteiger charge is -2.09. The third-order valence-electron chi connectivity index (χ3n) is 3.42. The van der Waals surface area contributed by atoms with Crippen molar-refractivity contribution in [2.24, 2.45) is 10.8 Å². The first-order valence-electron chi connectivity index (χ1n) is 8.16. The van der Waals surface area contributed by atoms with Crippen LogP contribution in [0.2, 0.25) is 0 Å². The Bertz CT molecular complexity index is 979. The number of nitrogens with one attached hydrogen (secondary N) is 2. The van der Waals surface area contributed by atoms with E-state index in [4.69, 9.17) is 20.5 Å². The van der Waals surface area contributed by atoms with Gasteiger partial charge in [0.05, 0.1) is 25.0 Å². The van der Waals surface area contributed by atoms with Crippen molar-refractivity contribution in [3.05, 3.63) is 53.6 Å². The summed E-state index contributed by atoms with van der Waals surface area (Å²) in [5.74, 6) is -1.87. The molecule has 0 spiro atoms. The topological polar surface area (TPSA) is 156 Å². The number of hydrazone groups is 1. The van der Waals surface area contributed by atoms with Gasteiger partial charge in [-0.2, -0.15) is 10.4 Å². The largest absolute Gasteiger partial charge is 0.493 e. The van der Waals surface area contributed by atoms with E-state index in [2.05, 4.69) is 15.8 Å². The highest BCUT2D eigenvalue weighted by Crippen LogP contribution is 2.27. The molecule has 0 radical (unpaired) electrons. The van der Waals surface area contributed by atoms with Gasteiger partial charge in [-0.15, -0.1) is 0 Å². The number of anilines is 1. The molecule has 0 saturated heterocycles. The molecule has 0 aliphatic rings. The van der Waals surface area contributed by atoms with Crippen LogP contribution in [0.25, 0.3) is 0 Å². The summed E-state index contributed by atoms with van der Waals surface area (Å²) in [6.45, 7) is -0.297. The highest BCUT2D eigenvalue weighted by atomic mass is 16.5. The number of carbonyl (C=O) groups is 3. The smallest absolute Gasteiger partial charge is 0.329 e. The fraction of sp³-hybridized carbons (Fsp3) is 0.105. The first kappa shape index (κ1) is 20.9. The van der Waals surface area contributed by atoms with Crippen molar-refractivity contribution < 1.29 is 23.9 Å². The molecule has 0 fully saturated rings. The second-order valence-corrected chi connectivity index (χ2v) is 5.51. The first-order chi connectivity index (χ1) is 13.9. The lowest BCUT2D eigenvalue weighted by Crippen LogP contribution is -2.32. The van der Waals surface area contributed by atoms with Gasteiger partial charge < -0.3 is 20.5 Å². The number of nitrogens with two attached hydrogens (primary N) is 1. The molecular formula is C19H17N5O5. The van der Waals surface area contributed by atoms with Gasteiger partial charge in [-0.1, -0.05) is 0 Å². The summed E-state index contributed by atoms with van der Waals surface area (Å²) in [4.78, 5) is 34.4. The average Bonchev–Trinajstić information content (AvgIpc) is 2.72. The second kappa shape index (κ2) is 10.1. The highest BCUT2D eigenvalue weighted by molar-refractivity contribution is 6.39. The first-order valence-corrected chi connectivity index (χ1v) is 8.16. The standard InChI is InChI=1S/C19H17N5O5/c1-28-16-8-13(4-7-15(16)29-11-17(21)25)10-22-24-19(27)18(26)23-14-5-2-12(9-20)3-6-14/h2-8,10H,11H2,1H3,(H2,21,25)(H,23,26)(H,24,27)/b22-10+. The Morgan fingerprint density at radius 3 is 2.48 bits per heavy atom. The van der Waals surface area contributed by atoms with Crippen molar-refractivity contribution in [3.8, 4) is 17.6 Å². The van der Waals surface area contributed by atoms with Crippen LogP contribution in [-0.2, 0) is 14.4 Å². The summed E-state index contributed by atoms with van der Waals surface area (Å²) in [6, 6.07) is 12.7. The van der Waals surface area contributed by atoms with Crippen molar-refractivity contribution >= 4 is 29.6 Å². The molecule has 0 heterocycles. The number of nitriles is 1. The normalized spacial score (nSPS) is 10.1. The molecule has 4 N–H and O–H groups in total. The molecule has 3 amide bonds. The molecule has 0 aromatic heterocycles. The van der Waals surface area contributed by atoms with Gasteiger partial charge >= 0.3 is 11.8 Å². The van der Waals surface area contributed by atoms with Crippen LogP contribution < -0.4 is 25.9 Å². The lowest BCUT2D eigenvalue weighted by molar-refractivity contribution is -0.136. The van der Waals surface area contributed by atoms with Crippen LogP contribution >= 0.6 is 0 Å². The zero-order valence-electron chi connectivity index (χ0n) is 15.3. The Labute approximate surface area is 165 Å². The van der Waals surface area contributed by atoms with E-state index >= 15 is 0 Å². The molecule has 10 heteroatoms. The Kier molecular flexibility index (Phi) is 7.27. The van der Waals surface area contributed by atoms with Crippen molar-refractivity contribution in [1.82, 2.24) is 5.43 Å². The van der Waals surface area contributed by atoms with Crippen LogP contribution in [0.3, 0.4) is 0 Å². The predicted molar refractivity (Wildman–Crippen MR) is 103 cm³/mol. The van der Waals surface area contributed by atoms with Gasteiger partial charge in [0.2, 0.25) is 0 Å². The zero-order chi connectivity index (χ0) is 21.2. The minimum atomic E-state index is -0.973. The van der Waals surface area contributed by atoms with Crippen molar-refractivity contribution in [2.45, 2.75) is 0 Å². The van der Waals surface area contributed by atoms with E-state index in [9.17, 15) is 14.4 Å². The maximum atomic E-state index is 11.8. The quantitative estimate of drug-likeness (QED) is 0.352. The number of rotatable bonds is 7. The minimum absolute atomic E-state index is 0.297. The van der Waals surface area contributed by atoms with E-state index in [1.165, 1.54) is 37.6 Å². The molecule has 0 unspecified atom stereocenters. The molecule has 2 aromatic rings. The number of hydrogen-bond donors (Lipinski definition) is 3. The van der Waals surface area contributed by atoms with Crippen molar-refractivity contribution in [3.63, 3.8) is 0 Å². The monoisotopic (exact) mass is 395 g/mol. The summed E-state index contributed by atoms with van der Waals surface area (Å²) in [5.41, 5.74) is 8.47. The fourth-order valence-electron chi connectivity index (χ4n) is 2.06. The SMILES string of the molecule is COc1cc(/C=N/NC(=O)C(=O)Nc2ccc(C#N)cc2)ccc1OCC(N)=O. The Balaban J connectivity index is 1.93. The van der Waals surface area contributed by atoms with E-state index < -0.39 is 17.7 Å². The second-order valence-electron chi connectivity index (χ2n) is 5.51. The number of methoxy groups -OCH3 is 1. The Morgan fingerprint density at radius 2 is 1.86 bits per heavy atom. The van der Waals surface area contributed by atoms with Crippen LogP contribution in [0, 0.1) is 11.3 Å².